The van der Waals surface area contributed by atoms with E-state index in [4.69, 9.17) is 0 Å². The van der Waals surface area contributed by atoms with E-state index in [9.17, 15) is 8.42 Å². The standard InChI is InChI=1S/C11H24N2O2S2/c1-3-5-12-7-10(2)17(14,15)13-8-11-4-6-16-9-11/h10-13H,3-9H2,1-2H3. The van der Waals surface area contributed by atoms with Gasteiger partial charge in [-0.2, -0.15) is 11.8 Å². The fourth-order valence-corrected chi connectivity index (χ4v) is 4.09. The maximum atomic E-state index is 11.9. The molecule has 0 saturated carbocycles. The summed E-state index contributed by atoms with van der Waals surface area (Å²) in [5, 5.41) is 2.79. The van der Waals surface area contributed by atoms with Crippen LogP contribution in [0.25, 0.3) is 0 Å². The van der Waals surface area contributed by atoms with Crippen molar-refractivity contribution in [3.8, 4) is 0 Å². The van der Waals surface area contributed by atoms with E-state index in [0.29, 0.717) is 19.0 Å². The summed E-state index contributed by atoms with van der Waals surface area (Å²) in [6.07, 6.45) is 2.16. The van der Waals surface area contributed by atoms with Gasteiger partial charge in [0.25, 0.3) is 0 Å². The Labute approximate surface area is 109 Å². The minimum Gasteiger partial charge on any atom is -0.315 e. The van der Waals surface area contributed by atoms with E-state index in [1.807, 2.05) is 11.8 Å². The van der Waals surface area contributed by atoms with Crippen molar-refractivity contribution in [3.05, 3.63) is 0 Å². The third kappa shape index (κ3) is 5.59. The maximum absolute atomic E-state index is 11.9. The zero-order chi connectivity index (χ0) is 12.7. The topological polar surface area (TPSA) is 58.2 Å². The summed E-state index contributed by atoms with van der Waals surface area (Å²) in [6, 6.07) is 0. The Bertz CT molecular complexity index is 301. The molecule has 6 heteroatoms. The summed E-state index contributed by atoms with van der Waals surface area (Å²) in [6.45, 7) is 5.84. The predicted molar refractivity (Wildman–Crippen MR) is 75.0 cm³/mol. The van der Waals surface area contributed by atoms with Gasteiger partial charge in [-0.3, -0.25) is 0 Å². The minimum absolute atomic E-state index is 0.358. The van der Waals surface area contributed by atoms with Gasteiger partial charge in [-0.15, -0.1) is 0 Å². The Morgan fingerprint density at radius 1 is 1.47 bits per heavy atom. The summed E-state index contributed by atoms with van der Waals surface area (Å²) < 4.78 is 26.6. The predicted octanol–water partition coefficient (Wildman–Crippen LogP) is 1.05. The highest BCUT2D eigenvalue weighted by Gasteiger charge is 2.23. The molecular formula is C11H24N2O2S2. The van der Waals surface area contributed by atoms with Crippen molar-refractivity contribution in [2.75, 3.05) is 31.1 Å². The van der Waals surface area contributed by atoms with E-state index in [2.05, 4.69) is 17.0 Å². The van der Waals surface area contributed by atoms with Gasteiger partial charge in [-0.25, -0.2) is 13.1 Å². The Morgan fingerprint density at radius 2 is 2.24 bits per heavy atom. The van der Waals surface area contributed by atoms with Crippen LogP contribution in [0.4, 0.5) is 0 Å². The quantitative estimate of drug-likeness (QED) is 0.653. The van der Waals surface area contributed by atoms with Crippen LogP contribution in [-0.2, 0) is 10.0 Å². The Balaban J connectivity index is 2.27. The molecule has 0 bridgehead atoms. The van der Waals surface area contributed by atoms with Gasteiger partial charge in [0.15, 0.2) is 0 Å². The Morgan fingerprint density at radius 3 is 2.82 bits per heavy atom. The lowest BCUT2D eigenvalue weighted by molar-refractivity contribution is 0.531. The third-order valence-electron chi connectivity index (χ3n) is 2.99. The smallest absolute Gasteiger partial charge is 0.215 e. The second-order valence-corrected chi connectivity index (χ2v) is 7.97. The molecule has 1 heterocycles. The molecule has 1 aliphatic heterocycles. The van der Waals surface area contributed by atoms with Crippen LogP contribution in [0.3, 0.4) is 0 Å². The van der Waals surface area contributed by atoms with Crippen LogP contribution in [-0.4, -0.2) is 44.8 Å². The van der Waals surface area contributed by atoms with E-state index in [-0.39, 0.29) is 5.25 Å². The molecule has 4 nitrogen and oxygen atoms in total. The van der Waals surface area contributed by atoms with Crippen LogP contribution >= 0.6 is 11.8 Å². The molecule has 0 aromatic heterocycles. The van der Waals surface area contributed by atoms with Crippen LogP contribution in [0.2, 0.25) is 0 Å². The van der Waals surface area contributed by atoms with Gasteiger partial charge < -0.3 is 5.32 Å². The molecule has 17 heavy (non-hydrogen) atoms. The zero-order valence-corrected chi connectivity index (χ0v) is 12.4. The first-order chi connectivity index (χ1) is 8.06. The summed E-state index contributed by atoms with van der Waals surface area (Å²) >= 11 is 1.91. The number of hydrogen-bond acceptors (Lipinski definition) is 4. The van der Waals surface area contributed by atoms with Crippen molar-refractivity contribution in [1.29, 1.82) is 0 Å². The van der Waals surface area contributed by atoms with Crippen LogP contribution in [0.15, 0.2) is 0 Å². The van der Waals surface area contributed by atoms with E-state index in [1.54, 1.807) is 6.92 Å². The van der Waals surface area contributed by atoms with Gasteiger partial charge in [0, 0.05) is 13.1 Å². The molecule has 0 spiro atoms. The summed E-state index contributed by atoms with van der Waals surface area (Å²) in [7, 11) is -3.15. The van der Waals surface area contributed by atoms with Crippen LogP contribution in [0.1, 0.15) is 26.7 Å². The van der Waals surface area contributed by atoms with E-state index < -0.39 is 10.0 Å². The third-order valence-corrected chi connectivity index (χ3v) is 6.01. The van der Waals surface area contributed by atoms with Gasteiger partial charge in [-0.05, 0) is 43.7 Å². The fourth-order valence-electron chi connectivity index (χ4n) is 1.71. The van der Waals surface area contributed by atoms with Gasteiger partial charge in [0.2, 0.25) is 10.0 Å². The summed E-state index contributed by atoms with van der Waals surface area (Å²) in [4.78, 5) is 0. The number of sulfonamides is 1. The van der Waals surface area contributed by atoms with Crippen LogP contribution in [0.5, 0.6) is 0 Å². The normalized spacial score (nSPS) is 22.8. The summed E-state index contributed by atoms with van der Waals surface area (Å²) in [5.74, 6) is 2.77. The molecule has 1 fully saturated rings. The molecule has 0 aliphatic carbocycles. The first kappa shape index (κ1) is 15.3. The second-order valence-electron chi connectivity index (χ2n) is 4.64. The number of rotatable bonds is 8. The first-order valence-corrected chi connectivity index (χ1v) is 9.03. The largest absolute Gasteiger partial charge is 0.315 e. The lowest BCUT2D eigenvalue weighted by Gasteiger charge is -2.16. The number of hydrogen-bond donors (Lipinski definition) is 2. The SMILES string of the molecule is CCCNCC(C)S(=O)(=O)NCC1CCSC1. The molecule has 0 aromatic carbocycles. The molecule has 0 radical (unpaired) electrons. The van der Waals surface area contributed by atoms with Gasteiger partial charge in [-0.1, -0.05) is 6.92 Å². The highest BCUT2D eigenvalue weighted by molar-refractivity contribution is 7.99. The lowest BCUT2D eigenvalue weighted by Crippen LogP contribution is -2.41. The van der Waals surface area contributed by atoms with Gasteiger partial charge in [0.1, 0.15) is 0 Å². The van der Waals surface area contributed by atoms with Gasteiger partial charge in [0.05, 0.1) is 5.25 Å². The Kier molecular flexibility index (Phi) is 6.84. The molecule has 0 amide bonds. The number of thioether (sulfide) groups is 1. The van der Waals surface area contributed by atoms with Crippen molar-refractivity contribution in [1.82, 2.24) is 10.0 Å². The van der Waals surface area contributed by atoms with Crippen LogP contribution in [0, 0.1) is 5.92 Å². The molecule has 1 aliphatic rings. The van der Waals surface area contributed by atoms with E-state index in [1.165, 1.54) is 5.75 Å². The average molecular weight is 280 g/mol. The monoisotopic (exact) mass is 280 g/mol. The van der Waals surface area contributed by atoms with Gasteiger partial charge >= 0.3 is 0 Å². The van der Waals surface area contributed by atoms with Crippen LogP contribution < -0.4 is 10.0 Å². The minimum atomic E-state index is -3.15. The summed E-state index contributed by atoms with van der Waals surface area (Å²) in [5.41, 5.74) is 0. The van der Waals surface area contributed by atoms with Crippen molar-refractivity contribution in [2.24, 2.45) is 5.92 Å². The van der Waals surface area contributed by atoms with E-state index >= 15 is 0 Å². The zero-order valence-electron chi connectivity index (χ0n) is 10.7. The molecule has 102 valence electrons. The van der Waals surface area contributed by atoms with Crippen molar-refractivity contribution >= 4 is 21.8 Å². The molecular weight excluding hydrogens is 256 g/mol. The molecule has 1 rings (SSSR count). The Hall–Kier alpha value is 0.220. The lowest BCUT2D eigenvalue weighted by atomic mass is 10.1. The average Bonchev–Trinajstić information content (AvgIpc) is 2.79. The highest BCUT2D eigenvalue weighted by Crippen LogP contribution is 2.22. The van der Waals surface area contributed by atoms with Crippen molar-refractivity contribution in [3.63, 3.8) is 0 Å². The fraction of sp³-hybridized carbons (Fsp3) is 1.00. The molecule has 2 atom stereocenters. The number of nitrogens with one attached hydrogen (secondary N) is 2. The molecule has 0 aromatic rings. The second kappa shape index (κ2) is 7.61. The highest BCUT2D eigenvalue weighted by atomic mass is 32.2. The van der Waals surface area contributed by atoms with Crippen molar-refractivity contribution < 1.29 is 8.42 Å². The maximum Gasteiger partial charge on any atom is 0.215 e. The molecule has 2 N–H and O–H groups in total. The van der Waals surface area contributed by atoms with Crippen molar-refractivity contribution in [2.45, 2.75) is 31.9 Å². The molecule has 1 saturated heterocycles. The van der Waals surface area contributed by atoms with E-state index in [0.717, 1.165) is 25.1 Å². The first-order valence-electron chi connectivity index (χ1n) is 6.33. The molecule has 2 unspecified atom stereocenters.